The number of para-hydroxylation sites is 1. The SMILES string of the molecule is [c]1[c]c2c(cc1)ccc1c3ccccc3[nH]c21. The lowest BCUT2D eigenvalue weighted by atomic mass is 10.1. The van der Waals surface area contributed by atoms with Gasteiger partial charge in [-0.3, -0.25) is 0 Å². The first kappa shape index (κ1) is 8.82. The van der Waals surface area contributed by atoms with Crippen LogP contribution in [0.1, 0.15) is 0 Å². The van der Waals surface area contributed by atoms with Crippen molar-refractivity contribution in [1.29, 1.82) is 0 Å². The van der Waals surface area contributed by atoms with Crippen molar-refractivity contribution in [1.82, 2.24) is 4.98 Å². The fourth-order valence-corrected chi connectivity index (χ4v) is 2.45. The molecule has 0 unspecified atom stereocenters. The lowest BCUT2D eigenvalue weighted by Crippen LogP contribution is -1.74. The Hall–Kier alpha value is -2.28. The number of rotatable bonds is 0. The average Bonchev–Trinajstić information content (AvgIpc) is 2.78. The summed E-state index contributed by atoms with van der Waals surface area (Å²) >= 11 is 0. The third kappa shape index (κ3) is 1.14. The Kier molecular flexibility index (Phi) is 1.61. The number of H-pyrrole nitrogens is 1. The van der Waals surface area contributed by atoms with Gasteiger partial charge >= 0.3 is 0 Å². The van der Waals surface area contributed by atoms with Gasteiger partial charge in [0.2, 0.25) is 0 Å². The first-order valence-electron chi connectivity index (χ1n) is 5.65. The van der Waals surface area contributed by atoms with E-state index in [1.54, 1.807) is 0 Å². The lowest BCUT2D eigenvalue weighted by molar-refractivity contribution is 1.56. The summed E-state index contributed by atoms with van der Waals surface area (Å²) < 4.78 is 0. The molecule has 4 rings (SSSR count). The van der Waals surface area contributed by atoms with E-state index < -0.39 is 0 Å². The Morgan fingerprint density at radius 2 is 1.82 bits per heavy atom. The molecule has 17 heavy (non-hydrogen) atoms. The van der Waals surface area contributed by atoms with E-state index in [9.17, 15) is 0 Å². The van der Waals surface area contributed by atoms with Gasteiger partial charge in [0.1, 0.15) is 0 Å². The highest BCUT2D eigenvalue weighted by Crippen LogP contribution is 2.30. The number of benzene rings is 3. The maximum atomic E-state index is 3.47. The summed E-state index contributed by atoms with van der Waals surface area (Å²) in [6.45, 7) is 0. The second kappa shape index (κ2) is 3.11. The van der Waals surface area contributed by atoms with Gasteiger partial charge in [-0.15, -0.1) is 0 Å². The monoisotopic (exact) mass is 215 g/mol. The molecule has 0 amide bonds. The molecule has 1 aromatic heterocycles. The predicted molar refractivity (Wildman–Crippen MR) is 71.0 cm³/mol. The van der Waals surface area contributed by atoms with Crippen LogP contribution in [-0.4, -0.2) is 4.98 Å². The standard InChI is InChI=1S/C16H9N/c1-2-6-12-11(5-1)9-10-14-13-7-3-4-8-15(13)17-16(12)14/h1,3-5,7-10,17H. The second-order valence-corrected chi connectivity index (χ2v) is 4.23. The molecule has 4 aromatic rings. The van der Waals surface area contributed by atoms with E-state index in [1.165, 1.54) is 21.7 Å². The van der Waals surface area contributed by atoms with E-state index in [0.717, 1.165) is 10.9 Å². The molecule has 3 aromatic carbocycles. The van der Waals surface area contributed by atoms with Crippen molar-refractivity contribution in [3.8, 4) is 0 Å². The summed E-state index contributed by atoms with van der Waals surface area (Å²) in [6, 6.07) is 22.9. The molecule has 1 heterocycles. The number of hydrogen-bond acceptors (Lipinski definition) is 0. The minimum atomic E-state index is 1.11. The first-order chi connectivity index (χ1) is 8.43. The molecule has 0 aliphatic carbocycles. The summed E-state index contributed by atoms with van der Waals surface area (Å²) in [5, 5.41) is 4.83. The molecule has 0 saturated carbocycles. The van der Waals surface area contributed by atoms with Crippen LogP contribution in [0, 0.1) is 12.1 Å². The molecule has 0 aliphatic heterocycles. The molecular formula is C16H9N. The highest BCUT2D eigenvalue weighted by atomic mass is 14.7. The van der Waals surface area contributed by atoms with Crippen LogP contribution in [0.25, 0.3) is 32.6 Å². The van der Waals surface area contributed by atoms with E-state index in [-0.39, 0.29) is 0 Å². The Morgan fingerprint density at radius 1 is 0.882 bits per heavy atom. The number of nitrogens with one attached hydrogen (secondary N) is 1. The fourth-order valence-electron chi connectivity index (χ4n) is 2.45. The maximum Gasteiger partial charge on any atom is 0.0551 e. The minimum Gasteiger partial charge on any atom is -0.354 e. The van der Waals surface area contributed by atoms with E-state index in [4.69, 9.17) is 0 Å². The Bertz CT molecular complexity index is 840. The van der Waals surface area contributed by atoms with Crippen LogP contribution in [0.15, 0.2) is 48.5 Å². The van der Waals surface area contributed by atoms with Gasteiger partial charge in [0.05, 0.1) is 5.52 Å². The van der Waals surface area contributed by atoms with Crippen molar-refractivity contribution < 1.29 is 0 Å². The topological polar surface area (TPSA) is 15.8 Å². The van der Waals surface area contributed by atoms with Gasteiger partial charge in [-0.05, 0) is 17.5 Å². The van der Waals surface area contributed by atoms with E-state index in [1.807, 2.05) is 6.07 Å². The number of hydrogen-bond donors (Lipinski definition) is 1. The predicted octanol–water partition coefficient (Wildman–Crippen LogP) is 4.07. The van der Waals surface area contributed by atoms with Crippen molar-refractivity contribution in [2.75, 3.05) is 0 Å². The molecule has 0 spiro atoms. The fraction of sp³-hybridized carbons (Fsp3) is 0. The van der Waals surface area contributed by atoms with Crippen molar-refractivity contribution >= 4 is 32.6 Å². The van der Waals surface area contributed by atoms with Crippen LogP contribution < -0.4 is 0 Å². The number of fused-ring (bicyclic) bond motifs is 5. The summed E-state index contributed by atoms with van der Waals surface area (Å²) in [7, 11) is 0. The summed E-state index contributed by atoms with van der Waals surface area (Å²) in [5.74, 6) is 0. The smallest absolute Gasteiger partial charge is 0.0551 e. The number of aromatic nitrogens is 1. The van der Waals surface area contributed by atoms with Gasteiger partial charge in [0, 0.05) is 27.7 Å². The van der Waals surface area contributed by atoms with Crippen molar-refractivity contribution in [2.45, 2.75) is 0 Å². The zero-order valence-electron chi connectivity index (χ0n) is 9.12. The zero-order valence-corrected chi connectivity index (χ0v) is 9.12. The van der Waals surface area contributed by atoms with E-state index in [2.05, 4.69) is 59.6 Å². The molecule has 0 atom stereocenters. The van der Waals surface area contributed by atoms with Gasteiger partial charge in [-0.25, -0.2) is 0 Å². The number of aromatic amines is 1. The van der Waals surface area contributed by atoms with Gasteiger partial charge < -0.3 is 4.98 Å². The normalized spacial score (nSPS) is 11.5. The molecule has 0 bridgehead atoms. The molecule has 0 saturated heterocycles. The molecular weight excluding hydrogens is 206 g/mol. The van der Waals surface area contributed by atoms with E-state index >= 15 is 0 Å². The third-order valence-corrected chi connectivity index (χ3v) is 3.26. The molecule has 78 valence electrons. The average molecular weight is 215 g/mol. The third-order valence-electron chi connectivity index (χ3n) is 3.26. The molecule has 1 N–H and O–H groups in total. The Morgan fingerprint density at radius 3 is 2.82 bits per heavy atom. The summed E-state index contributed by atoms with van der Waals surface area (Å²) in [4.78, 5) is 3.47. The van der Waals surface area contributed by atoms with Crippen molar-refractivity contribution in [2.24, 2.45) is 0 Å². The van der Waals surface area contributed by atoms with Gasteiger partial charge in [0.15, 0.2) is 0 Å². The van der Waals surface area contributed by atoms with Gasteiger partial charge in [-0.1, -0.05) is 42.5 Å². The van der Waals surface area contributed by atoms with Crippen LogP contribution in [0.2, 0.25) is 0 Å². The van der Waals surface area contributed by atoms with Crippen LogP contribution in [0.4, 0.5) is 0 Å². The van der Waals surface area contributed by atoms with Crippen LogP contribution in [-0.2, 0) is 0 Å². The second-order valence-electron chi connectivity index (χ2n) is 4.23. The van der Waals surface area contributed by atoms with Gasteiger partial charge in [-0.2, -0.15) is 0 Å². The first-order valence-corrected chi connectivity index (χ1v) is 5.65. The maximum absolute atomic E-state index is 3.47. The molecule has 1 heteroatoms. The summed E-state index contributed by atoms with van der Waals surface area (Å²) in [5.41, 5.74) is 2.33. The molecule has 0 aliphatic rings. The van der Waals surface area contributed by atoms with Gasteiger partial charge in [0.25, 0.3) is 0 Å². The minimum absolute atomic E-state index is 1.11. The van der Waals surface area contributed by atoms with Crippen LogP contribution in [0.5, 0.6) is 0 Å². The molecule has 1 nitrogen and oxygen atoms in total. The Labute approximate surface area is 98.7 Å². The van der Waals surface area contributed by atoms with Crippen LogP contribution in [0.3, 0.4) is 0 Å². The van der Waals surface area contributed by atoms with E-state index in [0.29, 0.717) is 0 Å². The van der Waals surface area contributed by atoms with Crippen molar-refractivity contribution in [3.05, 3.63) is 60.7 Å². The van der Waals surface area contributed by atoms with Crippen LogP contribution >= 0.6 is 0 Å². The molecule has 0 fully saturated rings. The highest BCUT2D eigenvalue weighted by Gasteiger charge is 2.06. The largest absolute Gasteiger partial charge is 0.354 e. The lowest BCUT2D eigenvalue weighted by Gasteiger charge is -1.97. The quantitative estimate of drug-likeness (QED) is 0.455. The zero-order chi connectivity index (χ0) is 11.2. The molecule has 2 radical (unpaired) electrons. The summed E-state index contributed by atoms with van der Waals surface area (Å²) in [6.07, 6.45) is 0. The Balaban J connectivity index is 2.34. The highest BCUT2D eigenvalue weighted by molar-refractivity contribution is 6.16. The van der Waals surface area contributed by atoms with Crippen molar-refractivity contribution in [3.63, 3.8) is 0 Å².